The Balaban J connectivity index is 1.95. The number of unbranched alkanes of at least 4 members (excludes halogenated alkanes) is 7. The molecule has 4 heteroatoms. The van der Waals surface area contributed by atoms with Crippen LogP contribution in [0.25, 0.3) is 11.0 Å². The maximum atomic E-state index is 11.4. The lowest BCUT2D eigenvalue weighted by molar-refractivity contribution is -0.119. The van der Waals surface area contributed by atoms with Crippen LogP contribution in [0, 0.1) is 0 Å². The number of fused-ring (bicyclic) bond motifs is 1. The first-order valence-electron chi connectivity index (χ1n) is 9.85. The van der Waals surface area contributed by atoms with Crippen molar-refractivity contribution < 1.29 is 4.79 Å². The molecule has 0 saturated carbocycles. The summed E-state index contributed by atoms with van der Waals surface area (Å²) < 4.78 is 2.28. The molecule has 0 saturated heterocycles. The summed E-state index contributed by atoms with van der Waals surface area (Å²) in [4.78, 5) is 16.2. The van der Waals surface area contributed by atoms with Gasteiger partial charge in [0, 0.05) is 13.5 Å². The molecule has 1 unspecified atom stereocenters. The number of hydrogen-bond acceptors (Lipinski definition) is 2. The van der Waals surface area contributed by atoms with Crippen molar-refractivity contribution in [3.05, 3.63) is 30.1 Å². The molecule has 0 aliphatic rings. The number of carbonyl (C=O) groups is 1. The molecular formula is C21H33N3O. The van der Waals surface area contributed by atoms with Crippen LogP contribution < -0.4 is 5.32 Å². The number of carbonyl (C=O) groups excluding carboxylic acids is 1. The molecule has 2 aromatic rings. The Kier molecular flexibility index (Phi) is 7.96. The zero-order valence-corrected chi connectivity index (χ0v) is 16.1. The summed E-state index contributed by atoms with van der Waals surface area (Å²) in [6.07, 6.45) is 10.5. The van der Waals surface area contributed by atoms with E-state index in [9.17, 15) is 4.79 Å². The number of aromatic nitrogens is 2. The second kappa shape index (κ2) is 10.2. The van der Waals surface area contributed by atoms with Gasteiger partial charge in [-0.05, 0) is 25.5 Å². The number of aryl methyl sites for hydroxylation is 1. The van der Waals surface area contributed by atoms with Crippen LogP contribution in [0.4, 0.5) is 0 Å². The van der Waals surface area contributed by atoms with Gasteiger partial charge in [-0.1, -0.05) is 64.0 Å². The summed E-state index contributed by atoms with van der Waals surface area (Å²) in [5.74, 6) is 0.942. The largest absolute Gasteiger partial charge is 0.347 e. The number of hydrogen-bond donors (Lipinski definition) is 1. The van der Waals surface area contributed by atoms with E-state index in [1.54, 1.807) is 6.92 Å². The summed E-state index contributed by atoms with van der Waals surface area (Å²) in [6, 6.07) is 8.17. The highest BCUT2D eigenvalue weighted by Gasteiger charge is 2.16. The average molecular weight is 344 g/mol. The predicted molar refractivity (Wildman–Crippen MR) is 105 cm³/mol. The predicted octanol–water partition coefficient (Wildman–Crippen LogP) is 5.37. The van der Waals surface area contributed by atoms with Crippen molar-refractivity contribution in [1.29, 1.82) is 0 Å². The van der Waals surface area contributed by atoms with Gasteiger partial charge in [-0.2, -0.15) is 0 Å². The molecule has 4 nitrogen and oxygen atoms in total. The summed E-state index contributed by atoms with van der Waals surface area (Å²) in [5.41, 5.74) is 2.17. The number of benzene rings is 1. The van der Waals surface area contributed by atoms with Crippen molar-refractivity contribution in [2.75, 3.05) is 0 Å². The molecule has 0 aliphatic carbocycles. The van der Waals surface area contributed by atoms with Gasteiger partial charge in [-0.25, -0.2) is 4.98 Å². The van der Waals surface area contributed by atoms with E-state index in [0.29, 0.717) is 0 Å². The minimum absolute atomic E-state index is 0.0156. The fourth-order valence-corrected chi connectivity index (χ4v) is 3.43. The number of nitrogens with one attached hydrogen (secondary N) is 1. The molecule has 1 aromatic heterocycles. The zero-order valence-electron chi connectivity index (χ0n) is 16.1. The van der Waals surface area contributed by atoms with E-state index in [1.165, 1.54) is 44.9 Å². The van der Waals surface area contributed by atoms with Crippen LogP contribution in [-0.4, -0.2) is 15.5 Å². The van der Waals surface area contributed by atoms with Crippen LogP contribution in [0.15, 0.2) is 24.3 Å². The highest BCUT2D eigenvalue weighted by atomic mass is 16.1. The lowest BCUT2D eigenvalue weighted by Gasteiger charge is -2.15. The van der Waals surface area contributed by atoms with E-state index in [4.69, 9.17) is 4.98 Å². The van der Waals surface area contributed by atoms with Crippen LogP contribution in [0.2, 0.25) is 0 Å². The molecule has 0 spiro atoms. The van der Waals surface area contributed by atoms with E-state index in [0.717, 1.165) is 29.8 Å². The SMILES string of the molecule is CCCCCCCCCCn1c(C(C)NC(C)=O)nc2ccccc21. The number of amides is 1. The van der Waals surface area contributed by atoms with E-state index >= 15 is 0 Å². The third-order valence-corrected chi connectivity index (χ3v) is 4.73. The van der Waals surface area contributed by atoms with Crippen molar-refractivity contribution in [3.8, 4) is 0 Å². The first-order chi connectivity index (χ1) is 12.1. The van der Waals surface area contributed by atoms with E-state index < -0.39 is 0 Å². The molecule has 0 fully saturated rings. The normalized spacial score (nSPS) is 12.4. The lowest BCUT2D eigenvalue weighted by atomic mass is 10.1. The molecule has 1 heterocycles. The van der Waals surface area contributed by atoms with Crippen LogP contribution in [0.3, 0.4) is 0 Å². The molecule has 1 atom stereocenters. The molecule has 1 amide bonds. The summed E-state index contributed by atoms with van der Waals surface area (Å²) in [5, 5.41) is 2.97. The van der Waals surface area contributed by atoms with Crippen molar-refractivity contribution in [2.24, 2.45) is 0 Å². The topological polar surface area (TPSA) is 46.9 Å². The highest BCUT2D eigenvalue weighted by Crippen LogP contribution is 2.22. The van der Waals surface area contributed by atoms with Crippen molar-refractivity contribution in [3.63, 3.8) is 0 Å². The molecule has 0 radical (unpaired) electrons. The Morgan fingerprint density at radius 2 is 1.72 bits per heavy atom. The molecule has 2 rings (SSSR count). The van der Waals surface area contributed by atoms with Crippen LogP contribution in [0.1, 0.15) is 84.0 Å². The summed E-state index contributed by atoms with van der Waals surface area (Å²) in [6.45, 7) is 6.79. The second-order valence-electron chi connectivity index (χ2n) is 7.01. The molecule has 0 aliphatic heterocycles. The van der Waals surface area contributed by atoms with Gasteiger partial charge in [0.15, 0.2) is 0 Å². The smallest absolute Gasteiger partial charge is 0.217 e. The van der Waals surface area contributed by atoms with Gasteiger partial charge >= 0.3 is 0 Å². The Bertz CT molecular complexity index is 662. The van der Waals surface area contributed by atoms with Gasteiger partial charge in [-0.3, -0.25) is 4.79 Å². The first-order valence-corrected chi connectivity index (χ1v) is 9.85. The maximum Gasteiger partial charge on any atom is 0.217 e. The van der Waals surface area contributed by atoms with Gasteiger partial charge in [-0.15, -0.1) is 0 Å². The molecule has 0 bridgehead atoms. The minimum Gasteiger partial charge on any atom is -0.347 e. The van der Waals surface area contributed by atoms with Crippen LogP contribution >= 0.6 is 0 Å². The number of imidazole rings is 1. The third-order valence-electron chi connectivity index (χ3n) is 4.73. The molecule has 1 N–H and O–H groups in total. The fraction of sp³-hybridized carbons (Fsp3) is 0.619. The van der Waals surface area contributed by atoms with Crippen LogP contribution in [-0.2, 0) is 11.3 Å². The van der Waals surface area contributed by atoms with Gasteiger partial charge < -0.3 is 9.88 Å². The van der Waals surface area contributed by atoms with E-state index in [1.807, 2.05) is 19.1 Å². The first kappa shape index (κ1) is 19.5. The standard InChI is InChI=1S/C21H33N3O/c1-4-5-6-7-8-9-10-13-16-24-20-15-12-11-14-19(20)23-21(24)17(2)22-18(3)25/h11-12,14-15,17H,4-10,13,16H2,1-3H3,(H,22,25). The molecule has 138 valence electrons. The number of para-hydroxylation sites is 2. The van der Waals surface area contributed by atoms with Crippen molar-refractivity contribution in [1.82, 2.24) is 14.9 Å². The summed E-state index contributed by atoms with van der Waals surface area (Å²) >= 11 is 0. The fourth-order valence-electron chi connectivity index (χ4n) is 3.43. The van der Waals surface area contributed by atoms with Gasteiger partial charge in [0.2, 0.25) is 5.91 Å². The second-order valence-corrected chi connectivity index (χ2v) is 7.01. The minimum atomic E-state index is -0.0704. The Morgan fingerprint density at radius 3 is 2.40 bits per heavy atom. The van der Waals surface area contributed by atoms with Crippen molar-refractivity contribution >= 4 is 16.9 Å². The Labute approximate surface area is 152 Å². The monoisotopic (exact) mass is 343 g/mol. The highest BCUT2D eigenvalue weighted by molar-refractivity contribution is 5.77. The van der Waals surface area contributed by atoms with Gasteiger partial charge in [0.1, 0.15) is 5.82 Å². The third kappa shape index (κ3) is 5.87. The molecule has 1 aromatic carbocycles. The Hall–Kier alpha value is -1.84. The Morgan fingerprint density at radius 1 is 1.08 bits per heavy atom. The zero-order chi connectivity index (χ0) is 18.1. The lowest BCUT2D eigenvalue weighted by Crippen LogP contribution is -2.26. The molecule has 25 heavy (non-hydrogen) atoms. The number of nitrogens with zero attached hydrogens (tertiary/aromatic N) is 2. The maximum absolute atomic E-state index is 11.4. The van der Waals surface area contributed by atoms with Crippen molar-refractivity contribution in [2.45, 2.75) is 84.7 Å². The number of rotatable bonds is 11. The average Bonchev–Trinajstić information content (AvgIpc) is 2.95. The van der Waals surface area contributed by atoms with E-state index in [2.05, 4.69) is 28.9 Å². The van der Waals surface area contributed by atoms with E-state index in [-0.39, 0.29) is 11.9 Å². The van der Waals surface area contributed by atoms with Gasteiger partial charge in [0.05, 0.1) is 17.1 Å². The molecular weight excluding hydrogens is 310 g/mol. The van der Waals surface area contributed by atoms with Gasteiger partial charge in [0.25, 0.3) is 0 Å². The quantitative estimate of drug-likeness (QED) is 0.557. The van der Waals surface area contributed by atoms with Crippen LogP contribution in [0.5, 0.6) is 0 Å². The summed E-state index contributed by atoms with van der Waals surface area (Å²) in [7, 11) is 0.